The molecule has 1 aromatic rings. The quantitative estimate of drug-likeness (QED) is 0.848. The minimum absolute atomic E-state index is 0.0279. The van der Waals surface area contributed by atoms with Gasteiger partial charge < -0.3 is 9.52 Å². The van der Waals surface area contributed by atoms with Crippen LogP contribution in [-0.2, 0) is 4.79 Å². The van der Waals surface area contributed by atoms with Crippen molar-refractivity contribution in [2.24, 2.45) is 5.92 Å². The van der Waals surface area contributed by atoms with E-state index in [2.05, 4.69) is 4.98 Å². The SMILES string of the molecule is O=C(O)[C@@H]1CCC(F)(F)C[C@H]1c1cocn1. The largest absolute Gasteiger partial charge is 0.481 e. The third-order valence-corrected chi connectivity index (χ3v) is 2.97. The molecule has 0 aromatic carbocycles. The number of aromatic nitrogens is 1. The Morgan fingerprint density at radius 3 is 2.94 bits per heavy atom. The smallest absolute Gasteiger partial charge is 0.307 e. The zero-order valence-electron chi connectivity index (χ0n) is 8.40. The molecule has 16 heavy (non-hydrogen) atoms. The molecule has 6 heteroatoms. The van der Waals surface area contributed by atoms with Crippen molar-refractivity contribution in [2.75, 3.05) is 0 Å². The average molecular weight is 231 g/mol. The van der Waals surface area contributed by atoms with Gasteiger partial charge in [-0.25, -0.2) is 13.8 Å². The number of carboxylic acid groups (broad SMARTS) is 1. The Morgan fingerprint density at radius 1 is 1.62 bits per heavy atom. The second-order valence-electron chi connectivity index (χ2n) is 4.06. The van der Waals surface area contributed by atoms with Gasteiger partial charge >= 0.3 is 5.97 Å². The molecule has 1 aliphatic rings. The van der Waals surface area contributed by atoms with E-state index >= 15 is 0 Å². The normalized spacial score (nSPS) is 28.9. The standard InChI is InChI=1S/C10H11F2NO3/c11-10(12)2-1-6(9(14)15)7(3-10)8-4-16-5-13-8/h4-7H,1-3H2,(H,14,15)/t6-,7-/m1/s1. The van der Waals surface area contributed by atoms with E-state index in [0.29, 0.717) is 5.69 Å². The summed E-state index contributed by atoms with van der Waals surface area (Å²) in [4.78, 5) is 14.7. The predicted octanol–water partition coefficient (Wildman–Crippen LogP) is 2.28. The molecule has 0 aliphatic heterocycles. The summed E-state index contributed by atoms with van der Waals surface area (Å²) in [5, 5.41) is 8.97. The molecule has 0 unspecified atom stereocenters. The van der Waals surface area contributed by atoms with Gasteiger partial charge in [-0.2, -0.15) is 0 Å². The van der Waals surface area contributed by atoms with E-state index in [0.717, 1.165) is 6.39 Å². The third-order valence-electron chi connectivity index (χ3n) is 2.97. The van der Waals surface area contributed by atoms with E-state index in [1.807, 2.05) is 0 Å². The highest BCUT2D eigenvalue weighted by Crippen LogP contribution is 2.44. The molecule has 0 bridgehead atoms. The van der Waals surface area contributed by atoms with Crippen LogP contribution >= 0.6 is 0 Å². The van der Waals surface area contributed by atoms with Gasteiger partial charge in [0.15, 0.2) is 6.39 Å². The van der Waals surface area contributed by atoms with Crippen molar-refractivity contribution in [1.29, 1.82) is 0 Å². The van der Waals surface area contributed by atoms with E-state index in [4.69, 9.17) is 9.52 Å². The monoisotopic (exact) mass is 231 g/mol. The first kappa shape index (κ1) is 11.0. The first-order chi connectivity index (χ1) is 7.49. The molecule has 1 saturated carbocycles. The van der Waals surface area contributed by atoms with Crippen LogP contribution in [0.15, 0.2) is 17.1 Å². The second-order valence-corrected chi connectivity index (χ2v) is 4.06. The van der Waals surface area contributed by atoms with Crippen LogP contribution in [0.25, 0.3) is 0 Å². The Morgan fingerprint density at radius 2 is 2.38 bits per heavy atom. The van der Waals surface area contributed by atoms with Gasteiger partial charge in [0, 0.05) is 18.8 Å². The molecule has 1 aromatic heterocycles. The van der Waals surface area contributed by atoms with Crippen molar-refractivity contribution in [2.45, 2.75) is 31.1 Å². The molecule has 1 N–H and O–H groups in total. The first-order valence-electron chi connectivity index (χ1n) is 4.98. The van der Waals surface area contributed by atoms with Crippen LogP contribution < -0.4 is 0 Å². The Kier molecular flexibility index (Phi) is 2.65. The third kappa shape index (κ3) is 2.05. The number of alkyl halides is 2. The Hall–Kier alpha value is -1.46. The lowest BCUT2D eigenvalue weighted by molar-refractivity contribution is -0.147. The van der Waals surface area contributed by atoms with Crippen LogP contribution in [0, 0.1) is 5.92 Å². The summed E-state index contributed by atoms with van der Waals surface area (Å²) in [6.45, 7) is 0. The maximum atomic E-state index is 13.2. The van der Waals surface area contributed by atoms with Gasteiger partial charge in [-0.15, -0.1) is 0 Å². The van der Waals surface area contributed by atoms with Gasteiger partial charge in [-0.3, -0.25) is 4.79 Å². The van der Waals surface area contributed by atoms with E-state index in [1.54, 1.807) is 0 Å². The summed E-state index contributed by atoms with van der Waals surface area (Å²) < 4.78 is 31.2. The van der Waals surface area contributed by atoms with Gasteiger partial charge in [0.2, 0.25) is 5.92 Å². The molecule has 0 spiro atoms. The number of aliphatic carboxylic acids is 1. The summed E-state index contributed by atoms with van der Waals surface area (Å²) in [6, 6.07) is 0. The first-order valence-corrected chi connectivity index (χ1v) is 4.98. The maximum Gasteiger partial charge on any atom is 0.307 e. The summed E-state index contributed by atoms with van der Waals surface area (Å²) in [5.74, 6) is -5.43. The van der Waals surface area contributed by atoms with Crippen LogP contribution in [-0.4, -0.2) is 22.0 Å². The van der Waals surface area contributed by atoms with Gasteiger partial charge in [0.1, 0.15) is 6.26 Å². The molecule has 1 heterocycles. The number of hydrogen-bond donors (Lipinski definition) is 1. The molecule has 4 nitrogen and oxygen atoms in total. The minimum atomic E-state index is -2.81. The van der Waals surface area contributed by atoms with Gasteiger partial charge in [-0.1, -0.05) is 0 Å². The van der Waals surface area contributed by atoms with Crippen LogP contribution in [0.1, 0.15) is 30.9 Å². The fraction of sp³-hybridized carbons (Fsp3) is 0.600. The molecular formula is C10H11F2NO3. The fourth-order valence-corrected chi connectivity index (χ4v) is 2.15. The zero-order valence-corrected chi connectivity index (χ0v) is 8.40. The van der Waals surface area contributed by atoms with Gasteiger partial charge in [-0.05, 0) is 6.42 Å². The van der Waals surface area contributed by atoms with Gasteiger partial charge in [0.05, 0.1) is 11.6 Å². The number of nitrogens with zero attached hydrogens (tertiary/aromatic N) is 1. The topological polar surface area (TPSA) is 63.3 Å². The Balaban J connectivity index is 2.25. The minimum Gasteiger partial charge on any atom is -0.481 e. The van der Waals surface area contributed by atoms with Crippen molar-refractivity contribution in [3.8, 4) is 0 Å². The maximum absolute atomic E-state index is 13.2. The lowest BCUT2D eigenvalue weighted by Gasteiger charge is -2.32. The van der Waals surface area contributed by atoms with Crippen LogP contribution in [0.4, 0.5) is 8.78 Å². The lowest BCUT2D eigenvalue weighted by atomic mass is 9.76. The number of hydrogen-bond acceptors (Lipinski definition) is 3. The molecule has 1 fully saturated rings. The van der Waals surface area contributed by atoms with Crippen LogP contribution in [0.5, 0.6) is 0 Å². The van der Waals surface area contributed by atoms with Crippen molar-refractivity contribution in [3.63, 3.8) is 0 Å². The van der Waals surface area contributed by atoms with Crippen LogP contribution in [0.3, 0.4) is 0 Å². The summed E-state index contributed by atoms with van der Waals surface area (Å²) in [5.41, 5.74) is 0.298. The van der Waals surface area contributed by atoms with E-state index in [1.165, 1.54) is 6.26 Å². The van der Waals surface area contributed by atoms with Crippen molar-refractivity contribution >= 4 is 5.97 Å². The number of carbonyl (C=O) groups is 1. The highest BCUT2D eigenvalue weighted by molar-refractivity contribution is 5.71. The highest BCUT2D eigenvalue weighted by Gasteiger charge is 2.45. The summed E-state index contributed by atoms with van der Waals surface area (Å²) in [6.07, 6.45) is 1.48. The average Bonchev–Trinajstić information content (AvgIpc) is 2.68. The zero-order chi connectivity index (χ0) is 11.8. The fourth-order valence-electron chi connectivity index (χ4n) is 2.15. The predicted molar refractivity (Wildman–Crippen MR) is 49.2 cm³/mol. The van der Waals surface area contributed by atoms with E-state index in [9.17, 15) is 13.6 Å². The molecule has 88 valence electrons. The number of halogens is 2. The molecule has 0 radical (unpaired) electrons. The molecule has 2 rings (SSSR count). The summed E-state index contributed by atoms with van der Waals surface area (Å²) in [7, 11) is 0. The summed E-state index contributed by atoms with van der Waals surface area (Å²) >= 11 is 0. The molecular weight excluding hydrogens is 220 g/mol. The molecule has 1 aliphatic carbocycles. The number of carboxylic acids is 1. The lowest BCUT2D eigenvalue weighted by Crippen LogP contribution is -2.35. The van der Waals surface area contributed by atoms with Crippen molar-refractivity contribution < 1.29 is 23.1 Å². The molecule has 0 amide bonds. The Bertz CT molecular complexity index is 377. The molecule has 0 saturated heterocycles. The van der Waals surface area contributed by atoms with Crippen molar-refractivity contribution in [1.82, 2.24) is 4.98 Å². The van der Waals surface area contributed by atoms with E-state index in [-0.39, 0.29) is 12.8 Å². The van der Waals surface area contributed by atoms with Crippen LogP contribution in [0.2, 0.25) is 0 Å². The number of oxazole rings is 1. The van der Waals surface area contributed by atoms with E-state index < -0.39 is 30.1 Å². The molecule has 2 atom stereocenters. The van der Waals surface area contributed by atoms with Gasteiger partial charge in [0.25, 0.3) is 0 Å². The number of rotatable bonds is 2. The highest BCUT2D eigenvalue weighted by atomic mass is 19.3. The second kappa shape index (κ2) is 3.84. The Labute approximate surface area is 90.3 Å². The van der Waals surface area contributed by atoms with Crippen molar-refractivity contribution in [3.05, 3.63) is 18.4 Å².